The number of ether oxygens (including phenoxy) is 1. The van der Waals surface area contributed by atoms with Crippen molar-refractivity contribution in [1.82, 2.24) is 10.3 Å². The molecule has 2 aliphatic rings. The summed E-state index contributed by atoms with van der Waals surface area (Å²) in [6.07, 6.45) is 5.97. The molecule has 0 unspecified atom stereocenters. The number of anilines is 3. The fourth-order valence-electron chi connectivity index (χ4n) is 3.51. The average Bonchev–Trinajstić information content (AvgIpc) is 3.52. The van der Waals surface area contributed by atoms with Crippen LogP contribution in [0, 0.1) is 5.92 Å². The minimum atomic E-state index is -0.0219. The van der Waals surface area contributed by atoms with Crippen LogP contribution < -0.4 is 16.4 Å². The number of rotatable bonds is 6. The number of hydrogen-bond donors (Lipinski definition) is 3. The zero-order valence-corrected chi connectivity index (χ0v) is 15.4. The van der Waals surface area contributed by atoms with E-state index in [0.717, 1.165) is 56.0 Å². The van der Waals surface area contributed by atoms with Gasteiger partial charge in [-0.2, -0.15) is 0 Å². The molecule has 142 valence electrons. The number of amides is 1. The molecule has 0 radical (unpaired) electrons. The van der Waals surface area contributed by atoms with Gasteiger partial charge in [-0.05, 0) is 67.3 Å². The molecule has 1 aliphatic heterocycles. The molecule has 1 saturated carbocycles. The topological polar surface area (TPSA) is 89.3 Å². The number of nitrogen functional groups attached to an aromatic ring is 1. The lowest BCUT2D eigenvalue weighted by Crippen LogP contribution is -2.32. The van der Waals surface area contributed by atoms with Crippen molar-refractivity contribution in [2.75, 3.05) is 30.8 Å². The molecule has 1 aromatic heterocycles. The van der Waals surface area contributed by atoms with Gasteiger partial charge in [0.15, 0.2) is 0 Å². The predicted octanol–water partition coefficient (Wildman–Crippen LogP) is 3.44. The number of nitrogens with zero attached hydrogens (tertiary/aromatic N) is 1. The molecule has 0 bridgehead atoms. The van der Waals surface area contributed by atoms with E-state index in [0.29, 0.717) is 29.6 Å². The maximum absolute atomic E-state index is 12.7. The van der Waals surface area contributed by atoms with E-state index in [4.69, 9.17) is 10.5 Å². The van der Waals surface area contributed by atoms with Crippen molar-refractivity contribution in [2.45, 2.75) is 31.6 Å². The molecule has 27 heavy (non-hydrogen) atoms. The van der Waals surface area contributed by atoms with E-state index in [2.05, 4.69) is 15.6 Å². The highest BCUT2D eigenvalue weighted by Gasteiger charge is 2.29. The van der Waals surface area contributed by atoms with Gasteiger partial charge in [0, 0.05) is 37.3 Å². The molecule has 1 aromatic carbocycles. The molecule has 0 atom stereocenters. The van der Waals surface area contributed by atoms with Crippen molar-refractivity contribution >= 4 is 23.1 Å². The Morgan fingerprint density at radius 1 is 1.19 bits per heavy atom. The summed E-state index contributed by atoms with van der Waals surface area (Å²) in [7, 11) is 0. The van der Waals surface area contributed by atoms with Crippen LogP contribution in [0.5, 0.6) is 0 Å². The second-order valence-corrected chi connectivity index (χ2v) is 7.45. The van der Waals surface area contributed by atoms with Crippen molar-refractivity contribution in [3.8, 4) is 0 Å². The van der Waals surface area contributed by atoms with Crippen LogP contribution in [-0.4, -0.2) is 30.6 Å². The first kappa shape index (κ1) is 17.8. The molecule has 2 heterocycles. The zero-order chi connectivity index (χ0) is 18.6. The summed E-state index contributed by atoms with van der Waals surface area (Å²) in [5.41, 5.74) is 9.21. The van der Waals surface area contributed by atoms with Gasteiger partial charge in [0.05, 0.1) is 5.56 Å². The third kappa shape index (κ3) is 4.57. The van der Waals surface area contributed by atoms with Crippen LogP contribution in [-0.2, 0) is 4.74 Å². The molecule has 6 nitrogen and oxygen atoms in total. The van der Waals surface area contributed by atoms with Crippen molar-refractivity contribution in [2.24, 2.45) is 5.92 Å². The summed E-state index contributed by atoms with van der Waals surface area (Å²) in [6, 6.07) is 9.57. The van der Waals surface area contributed by atoms with E-state index < -0.39 is 0 Å². The number of aromatic nitrogens is 1. The summed E-state index contributed by atoms with van der Waals surface area (Å²) in [6.45, 7) is 2.29. The molecular weight excluding hydrogens is 340 g/mol. The monoisotopic (exact) mass is 366 g/mol. The van der Waals surface area contributed by atoms with E-state index in [9.17, 15) is 4.79 Å². The summed E-state index contributed by atoms with van der Waals surface area (Å²) >= 11 is 0. The van der Waals surface area contributed by atoms with Gasteiger partial charge in [0.25, 0.3) is 5.91 Å². The maximum Gasteiger partial charge on any atom is 0.253 e. The molecule has 1 aliphatic carbocycles. The van der Waals surface area contributed by atoms with Crippen LogP contribution in [0.25, 0.3) is 0 Å². The van der Waals surface area contributed by atoms with Crippen molar-refractivity contribution in [3.05, 3.63) is 47.7 Å². The zero-order valence-electron chi connectivity index (χ0n) is 15.4. The van der Waals surface area contributed by atoms with E-state index in [1.807, 2.05) is 30.3 Å². The SMILES string of the molecule is Nc1cccc(Nc2cc(C3CC3)c(C(=O)NCC3CCOCC3)cn2)c1. The fourth-order valence-corrected chi connectivity index (χ4v) is 3.51. The summed E-state index contributed by atoms with van der Waals surface area (Å²) in [4.78, 5) is 17.2. The standard InChI is InChI=1S/C21H26N4O2/c22-16-2-1-3-17(10-16)25-20-11-18(15-4-5-15)19(13-23-20)21(26)24-12-14-6-8-27-9-7-14/h1-3,10-11,13-15H,4-9,12,22H2,(H,23,25)(H,24,26). The fraction of sp³-hybridized carbons (Fsp3) is 0.429. The van der Waals surface area contributed by atoms with Gasteiger partial charge in [0.1, 0.15) is 5.82 Å². The minimum absolute atomic E-state index is 0.0219. The Kier molecular flexibility index (Phi) is 5.25. The van der Waals surface area contributed by atoms with E-state index in [-0.39, 0.29) is 5.91 Å². The highest BCUT2D eigenvalue weighted by Crippen LogP contribution is 2.42. The largest absolute Gasteiger partial charge is 0.399 e. The quantitative estimate of drug-likeness (QED) is 0.682. The highest BCUT2D eigenvalue weighted by atomic mass is 16.5. The molecule has 1 saturated heterocycles. The van der Waals surface area contributed by atoms with Crippen molar-refractivity contribution in [3.63, 3.8) is 0 Å². The van der Waals surface area contributed by atoms with Gasteiger partial charge in [-0.1, -0.05) is 6.07 Å². The molecule has 1 amide bonds. The Hall–Kier alpha value is -2.60. The van der Waals surface area contributed by atoms with E-state index in [1.54, 1.807) is 6.20 Å². The van der Waals surface area contributed by atoms with Gasteiger partial charge in [-0.25, -0.2) is 4.98 Å². The third-order valence-corrected chi connectivity index (χ3v) is 5.25. The summed E-state index contributed by atoms with van der Waals surface area (Å²) in [5.74, 6) is 1.68. The first-order valence-corrected chi connectivity index (χ1v) is 9.67. The van der Waals surface area contributed by atoms with Gasteiger partial charge < -0.3 is 21.1 Å². The van der Waals surface area contributed by atoms with Crippen LogP contribution in [0.3, 0.4) is 0 Å². The van der Waals surface area contributed by atoms with E-state index >= 15 is 0 Å². The van der Waals surface area contributed by atoms with E-state index in [1.165, 1.54) is 0 Å². The van der Waals surface area contributed by atoms with Gasteiger partial charge in [0.2, 0.25) is 0 Å². The Balaban J connectivity index is 1.46. The Bertz CT molecular complexity index is 814. The van der Waals surface area contributed by atoms with Gasteiger partial charge in [-0.3, -0.25) is 4.79 Å². The number of nitrogens with two attached hydrogens (primary N) is 1. The molecule has 2 aromatic rings. The maximum atomic E-state index is 12.7. The number of nitrogens with one attached hydrogen (secondary N) is 2. The first-order chi connectivity index (χ1) is 13.2. The number of hydrogen-bond acceptors (Lipinski definition) is 5. The number of carbonyl (C=O) groups is 1. The molecule has 4 rings (SSSR count). The highest BCUT2D eigenvalue weighted by molar-refractivity contribution is 5.96. The normalized spacial score (nSPS) is 17.5. The van der Waals surface area contributed by atoms with Gasteiger partial charge in [-0.15, -0.1) is 0 Å². The lowest BCUT2D eigenvalue weighted by molar-refractivity contribution is 0.0642. The molecule has 0 spiro atoms. The second kappa shape index (κ2) is 7.96. The Morgan fingerprint density at radius 2 is 2.00 bits per heavy atom. The summed E-state index contributed by atoms with van der Waals surface area (Å²) < 4.78 is 5.38. The van der Waals surface area contributed by atoms with Crippen LogP contribution in [0.2, 0.25) is 0 Å². The lowest BCUT2D eigenvalue weighted by atomic mass is 10.00. The Morgan fingerprint density at radius 3 is 2.74 bits per heavy atom. The number of carbonyl (C=O) groups excluding carboxylic acids is 1. The molecule has 4 N–H and O–H groups in total. The van der Waals surface area contributed by atoms with Crippen molar-refractivity contribution in [1.29, 1.82) is 0 Å². The average molecular weight is 366 g/mol. The van der Waals surface area contributed by atoms with Crippen LogP contribution in [0.4, 0.5) is 17.2 Å². The van der Waals surface area contributed by atoms with Crippen molar-refractivity contribution < 1.29 is 9.53 Å². The molecular formula is C21H26N4O2. The summed E-state index contributed by atoms with van der Waals surface area (Å²) in [5, 5.41) is 6.38. The third-order valence-electron chi connectivity index (χ3n) is 5.25. The predicted molar refractivity (Wildman–Crippen MR) is 106 cm³/mol. The minimum Gasteiger partial charge on any atom is -0.399 e. The van der Waals surface area contributed by atoms with Crippen LogP contribution in [0.15, 0.2) is 36.5 Å². The molecule has 2 fully saturated rings. The number of benzene rings is 1. The number of pyridine rings is 1. The molecule has 6 heteroatoms. The van der Waals surface area contributed by atoms with Crippen LogP contribution >= 0.6 is 0 Å². The lowest BCUT2D eigenvalue weighted by Gasteiger charge is -2.22. The van der Waals surface area contributed by atoms with Crippen LogP contribution in [0.1, 0.15) is 47.5 Å². The first-order valence-electron chi connectivity index (χ1n) is 9.67. The Labute approximate surface area is 159 Å². The smallest absolute Gasteiger partial charge is 0.253 e. The van der Waals surface area contributed by atoms with Gasteiger partial charge >= 0.3 is 0 Å². The second-order valence-electron chi connectivity index (χ2n) is 7.45.